The second-order valence-corrected chi connectivity index (χ2v) is 8.49. The third-order valence-electron chi connectivity index (χ3n) is 6.30. The van der Waals surface area contributed by atoms with Gasteiger partial charge in [-0.25, -0.2) is 0 Å². The maximum Gasteiger partial charge on any atom is 0.236 e. The van der Waals surface area contributed by atoms with E-state index in [1.165, 1.54) is 16.3 Å². The number of rotatable bonds is 7. The van der Waals surface area contributed by atoms with Gasteiger partial charge in [-0.1, -0.05) is 60.7 Å². The Morgan fingerprint density at radius 1 is 0.879 bits per heavy atom. The molecule has 1 aliphatic heterocycles. The monoisotopic (exact) mass is 443 g/mol. The first-order chi connectivity index (χ1) is 16.0. The number of aryl methyl sites for hydroxylation is 1. The molecule has 0 spiro atoms. The molecule has 0 unspecified atom stereocenters. The van der Waals surface area contributed by atoms with Crippen molar-refractivity contribution in [3.05, 3.63) is 78.4 Å². The van der Waals surface area contributed by atoms with Gasteiger partial charge in [0.2, 0.25) is 17.7 Å². The largest absolute Gasteiger partial charge is 0.369 e. The van der Waals surface area contributed by atoms with Crippen LogP contribution in [0.4, 0.5) is 5.69 Å². The molecule has 0 atom stereocenters. The van der Waals surface area contributed by atoms with Crippen LogP contribution in [0.2, 0.25) is 0 Å². The van der Waals surface area contributed by atoms with Crippen molar-refractivity contribution in [2.75, 3.05) is 18.0 Å². The first-order valence-corrected chi connectivity index (χ1v) is 11.4. The Labute approximate surface area is 194 Å². The highest BCUT2D eigenvalue weighted by Crippen LogP contribution is 2.25. The van der Waals surface area contributed by atoms with Crippen molar-refractivity contribution >= 4 is 34.2 Å². The van der Waals surface area contributed by atoms with Crippen LogP contribution >= 0.6 is 0 Å². The van der Waals surface area contributed by atoms with Crippen LogP contribution in [0.25, 0.3) is 10.8 Å². The number of hydrogen-bond acceptors (Lipinski definition) is 3. The number of carbonyl (C=O) groups excluding carboxylic acids is 3. The topological polar surface area (TPSA) is 83.7 Å². The van der Waals surface area contributed by atoms with Crippen LogP contribution in [0.1, 0.15) is 31.2 Å². The molecular weight excluding hydrogens is 414 g/mol. The molecule has 6 heteroatoms. The fourth-order valence-corrected chi connectivity index (χ4v) is 4.66. The Balaban J connectivity index is 1.38. The van der Waals surface area contributed by atoms with Crippen molar-refractivity contribution in [1.29, 1.82) is 0 Å². The van der Waals surface area contributed by atoms with Crippen molar-refractivity contribution in [3.8, 4) is 0 Å². The van der Waals surface area contributed by atoms with Gasteiger partial charge in [0.05, 0.1) is 0 Å². The second-order valence-electron chi connectivity index (χ2n) is 8.49. The summed E-state index contributed by atoms with van der Waals surface area (Å²) in [4.78, 5) is 40.6. The predicted molar refractivity (Wildman–Crippen MR) is 130 cm³/mol. The summed E-state index contributed by atoms with van der Waals surface area (Å²) in [6.07, 6.45) is 2.17. The van der Waals surface area contributed by atoms with E-state index in [4.69, 9.17) is 5.73 Å². The van der Waals surface area contributed by atoms with E-state index in [1.807, 2.05) is 53.4 Å². The van der Waals surface area contributed by atoms with Crippen LogP contribution in [-0.4, -0.2) is 41.8 Å². The molecule has 4 rings (SSSR count). The number of piperidine rings is 1. The number of likely N-dealkylation sites (tertiary alicyclic amines) is 1. The van der Waals surface area contributed by atoms with E-state index in [0.717, 1.165) is 5.69 Å². The highest BCUT2D eigenvalue weighted by atomic mass is 16.2. The van der Waals surface area contributed by atoms with Gasteiger partial charge in [0, 0.05) is 31.2 Å². The van der Waals surface area contributed by atoms with Crippen molar-refractivity contribution in [2.45, 2.75) is 38.1 Å². The Bertz CT molecular complexity index is 1130. The Morgan fingerprint density at radius 3 is 2.27 bits per heavy atom. The lowest BCUT2D eigenvalue weighted by molar-refractivity contribution is -0.132. The smallest absolute Gasteiger partial charge is 0.236 e. The first-order valence-electron chi connectivity index (χ1n) is 11.4. The number of para-hydroxylation sites is 1. The molecule has 170 valence electrons. The lowest BCUT2D eigenvalue weighted by Gasteiger charge is -2.38. The molecule has 2 N–H and O–H groups in total. The van der Waals surface area contributed by atoms with Crippen LogP contribution in [0.5, 0.6) is 0 Å². The van der Waals surface area contributed by atoms with Crippen molar-refractivity contribution < 1.29 is 14.4 Å². The summed E-state index contributed by atoms with van der Waals surface area (Å²) in [5, 5.41) is 2.38. The molecule has 3 aromatic carbocycles. The second kappa shape index (κ2) is 10.3. The maximum atomic E-state index is 12.9. The standard InChI is InChI=1S/C27H29N3O3/c28-25(31)19-27(33)30(22-10-2-1-3-11-22)23-15-17-29(18-16-23)26(32)14-13-21-9-6-8-20-7-4-5-12-24(20)21/h1-12,23H,13-19H2,(H2,28,31). The molecule has 33 heavy (non-hydrogen) atoms. The first kappa shape index (κ1) is 22.5. The Kier molecular flexibility index (Phi) is 7.03. The molecule has 1 aliphatic rings. The van der Waals surface area contributed by atoms with Crippen molar-refractivity contribution in [1.82, 2.24) is 4.90 Å². The third kappa shape index (κ3) is 5.40. The molecular formula is C27H29N3O3. The van der Waals surface area contributed by atoms with Gasteiger partial charge in [0.25, 0.3) is 0 Å². The molecule has 6 nitrogen and oxygen atoms in total. The summed E-state index contributed by atoms with van der Waals surface area (Å²) in [6.45, 7) is 1.18. The zero-order chi connectivity index (χ0) is 23.2. The summed E-state index contributed by atoms with van der Waals surface area (Å²) in [5.74, 6) is -0.799. The van der Waals surface area contributed by atoms with Gasteiger partial charge in [-0.2, -0.15) is 0 Å². The van der Waals surface area contributed by atoms with Crippen LogP contribution < -0.4 is 10.6 Å². The number of amides is 3. The van der Waals surface area contributed by atoms with E-state index in [-0.39, 0.29) is 24.3 Å². The maximum absolute atomic E-state index is 12.9. The predicted octanol–water partition coefficient (Wildman–Crippen LogP) is 3.67. The van der Waals surface area contributed by atoms with Gasteiger partial charge >= 0.3 is 0 Å². The highest BCUT2D eigenvalue weighted by Gasteiger charge is 2.31. The summed E-state index contributed by atoms with van der Waals surface area (Å²) >= 11 is 0. The Morgan fingerprint density at radius 2 is 1.55 bits per heavy atom. The van der Waals surface area contributed by atoms with Gasteiger partial charge in [0.1, 0.15) is 6.42 Å². The summed E-state index contributed by atoms with van der Waals surface area (Å²) in [5.41, 5.74) is 7.22. The average Bonchev–Trinajstić information content (AvgIpc) is 2.83. The van der Waals surface area contributed by atoms with Crippen LogP contribution in [0.3, 0.4) is 0 Å². The molecule has 0 radical (unpaired) electrons. The molecule has 1 heterocycles. The van der Waals surface area contributed by atoms with E-state index < -0.39 is 5.91 Å². The number of anilines is 1. The molecule has 3 aromatic rings. The zero-order valence-corrected chi connectivity index (χ0v) is 18.7. The molecule has 1 fully saturated rings. The third-order valence-corrected chi connectivity index (χ3v) is 6.30. The van der Waals surface area contributed by atoms with Crippen molar-refractivity contribution in [3.63, 3.8) is 0 Å². The number of hydrogen-bond donors (Lipinski definition) is 1. The van der Waals surface area contributed by atoms with Gasteiger partial charge in [-0.3, -0.25) is 14.4 Å². The van der Waals surface area contributed by atoms with E-state index in [2.05, 4.69) is 24.3 Å². The van der Waals surface area contributed by atoms with E-state index in [0.29, 0.717) is 38.8 Å². The summed E-state index contributed by atoms with van der Waals surface area (Å²) in [7, 11) is 0. The quantitative estimate of drug-likeness (QED) is 0.566. The van der Waals surface area contributed by atoms with Crippen molar-refractivity contribution in [2.24, 2.45) is 5.73 Å². The minimum atomic E-state index is -0.637. The lowest BCUT2D eigenvalue weighted by Crippen LogP contribution is -2.49. The highest BCUT2D eigenvalue weighted by molar-refractivity contribution is 6.04. The molecule has 0 aliphatic carbocycles. The van der Waals surface area contributed by atoms with Crippen LogP contribution in [0, 0.1) is 0 Å². The molecule has 0 bridgehead atoms. The van der Waals surface area contributed by atoms with Crippen LogP contribution in [0.15, 0.2) is 72.8 Å². The van der Waals surface area contributed by atoms with Crippen LogP contribution in [-0.2, 0) is 20.8 Å². The lowest BCUT2D eigenvalue weighted by atomic mass is 9.99. The molecule has 1 saturated heterocycles. The van der Waals surface area contributed by atoms with E-state index in [9.17, 15) is 14.4 Å². The zero-order valence-electron chi connectivity index (χ0n) is 18.7. The molecule has 3 amide bonds. The van der Waals surface area contributed by atoms with Gasteiger partial charge < -0.3 is 15.5 Å². The van der Waals surface area contributed by atoms with E-state index >= 15 is 0 Å². The number of nitrogens with zero attached hydrogens (tertiary/aromatic N) is 2. The average molecular weight is 444 g/mol. The number of nitrogens with two attached hydrogens (primary N) is 1. The Hall–Kier alpha value is -3.67. The summed E-state index contributed by atoms with van der Waals surface area (Å²) in [6, 6.07) is 23.7. The molecule has 0 aromatic heterocycles. The minimum Gasteiger partial charge on any atom is -0.369 e. The number of benzene rings is 3. The fourth-order valence-electron chi connectivity index (χ4n) is 4.66. The normalized spacial score (nSPS) is 14.2. The van der Waals surface area contributed by atoms with Gasteiger partial charge in [0.15, 0.2) is 0 Å². The van der Waals surface area contributed by atoms with E-state index in [1.54, 1.807) is 4.90 Å². The summed E-state index contributed by atoms with van der Waals surface area (Å²) < 4.78 is 0. The SMILES string of the molecule is NC(=O)CC(=O)N(c1ccccc1)C1CCN(C(=O)CCc2cccc3ccccc23)CC1. The van der Waals surface area contributed by atoms with Gasteiger partial charge in [-0.05, 0) is 47.7 Å². The molecule has 0 saturated carbocycles. The fraction of sp³-hybridized carbons (Fsp3) is 0.296. The number of carbonyl (C=O) groups is 3. The number of fused-ring (bicyclic) bond motifs is 1. The number of primary amides is 1. The van der Waals surface area contributed by atoms with Gasteiger partial charge in [-0.15, -0.1) is 0 Å². The minimum absolute atomic E-state index is 0.0682.